The predicted molar refractivity (Wildman–Crippen MR) is 101 cm³/mol. The average Bonchev–Trinajstić information content (AvgIpc) is 2.64. The van der Waals surface area contributed by atoms with Crippen molar-refractivity contribution in [3.05, 3.63) is 59.3 Å². The highest BCUT2D eigenvalue weighted by molar-refractivity contribution is 6.07. The zero-order valence-electron chi connectivity index (χ0n) is 15.2. The fourth-order valence-corrected chi connectivity index (χ4v) is 2.44. The van der Waals surface area contributed by atoms with Crippen LogP contribution in [-0.4, -0.2) is 20.1 Å². The Hall–Kier alpha value is -3.46. The first-order valence-corrected chi connectivity index (χ1v) is 7.96. The maximum Gasteiger partial charge on any atom is 0.267 e. The normalized spacial score (nSPS) is 10.7. The molecule has 0 aromatic heterocycles. The van der Waals surface area contributed by atoms with Crippen LogP contribution >= 0.6 is 0 Å². The summed E-state index contributed by atoms with van der Waals surface area (Å²) in [5.41, 5.74) is 3.27. The summed E-state index contributed by atoms with van der Waals surface area (Å²) >= 11 is 0. The van der Waals surface area contributed by atoms with E-state index in [4.69, 9.17) is 9.47 Å². The van der Waals surface area contributed by atoms with Crippen molar-refractivity contribution in [3.8, 4) is 17.6 Å². The number of carbonyl (C=O) groups excluding carboxylic acids is 1. The lowest BCUT2D eigenvalue weighted by Crippen LogP contribution is -2.15. The number of hydrogen-bond acceptors (Lipinski definition) is 5. The van der Waals surface area contributed by atoms with E-state index in [1.54, 1.807) is 18.2 Å². The molecule has 6 heteroatoms. The van der Waals surface area contributed by atoms with Gasteiger partial charge in [0.2, 0.25) is 0 Å². The molecule has 2 aromatic carbocycles. The van der Waals surface area contributed by atoms with Gasteiger partial charge in [0.05, 0.1) is 19.9 Å². The Labute approximate surface area is 153 Å². The fraction of sp³-hybridized carbons (Fsp3) is 0.200. The molecule has 0 spiro atoms. The highest BCUT2D eigenvalue weighted by atomic mass is 16.5. The van der Waals surface area contributed by atoms with Crippen LogP contribution < -0.4 is 20.1 Å². The minimum Gasteiger partial charge on any atom is -0.497 e. The van der Waals surface area contributed by atoms with E-state index in [2.05, 4.69) is 10.6 Å². The highest BCUT2D eigenvalue weighted by Gasteiger charge is 2.13. The van der Waals surface area contributed by atoms with Crippen LogP contribution in [0.3, 0.4) is 0 Å². The van der Waals surface area contributed by atoms with Gasteiger partial charge in [0, 0.05) is 18.0 Å². The highest BCUT2D eigenvalue weighted by Crippen LogP contribution is 2.29. The monoisotopic (exact) mass is 351 g/mol. The van der Waals surface area contributed by atoms with E-state index in [0.717, 1.165) is 16.8 Å². The van der Waals surface area contributed by atoms with Crippen LogP contribution in [0.4, 0.5) is 11.4 Å². The zero-order chi connectivity index (χ0) is 19.1. The molecule has 2 aromatic rings. The molecule has 0 aliphatic rings. The number of methoxy groups -OCH3 is 2. The van der Waals surface area contributed by atoms with Gasteiger partial charge in [0.15, 0.2) is 0 Å². The van der Waals surface area contributed by atoms with Gasteiger partial charge >= 0.3 is 0 Å². The molecule has 0 atom stereocenters. The number of nitrogens with zero attached hydrogens (tertiary/aromatic N) is 1. The smallest absolute Gasteiger partial charge is 0.267 e. The first-order valence-electron chi connectivity index (χ1n) is 7.96. The second-order valence-electron chi connectivity index (χ2n) is 5.60. The predicted octanol–water partition coefficient (Wildman–Crippen LogP) is 3.78. The maximum absolute atomic E-state index is 12.5. The number of amides is 1. The Kier molecular flexibility index (Phi) is 6.23. The van der Waals surface area contributed by atoms with Crippen molar-refractivity contribution in [2.75, 3.05) is 24.9 Å². The summed E-state index contributed by atoms with van der Waals surface area (Å²) in [4.78, 5) is 12.5. The first kappa shape index (κ1) is 18.9. The molecule has 0 unspecified atom stereocenters. The summed E-state index contributed by atoms with van der Waals surface area (Å²) in [5.74, 6) is 0.495. The molecule has 1 amide bonds. The number of rotatable bonds is 6. The zero-order valence-corrected chi connectivity index (χ0v) is 15.2. The topological polar surface area (TPSA) is 83.4 Å². The number of nitrogens with one attached hydrogen (secondary N) is 2. The number of benzene rings is 2. The van der Waals surface area contributed by atoms with E-state index in [1.165, 1.54) is 20.4 Å². The molecule has 0 saturated carbocycles. The van der Waals surface area contributed by atoms with Crippen LogP contribution in [0.15, 0.2) is 48.2 Å². The maximum atomic E-state index is 12.5. The second kappa shape index (κ2) is 8.58. The van der Waals surface area contributed by atoms with Gasteiger partial charge in [-0.15, -0.1) is 0 Å². The average molecular weight is 351 g/mol. The summed E-state index contributed by atoms with van der Waals surface area (Å²) < 4.78 is 10.4. The van der Waals surface area contributed by atoms with Gasteiger partial charge in [-0.25, -0.2) is 0 Å². The number of carbonyl (C=O) groups is 1. The van der Waals surface area contributed by atoms with Gasteiger partial charge in [-0.2, -0.15) is 5.26 Å². The Morgan fingerprint density at radius 2 is 1.81 bits per heavy atom. The Bertz CT molecular complexity index is 862. The molecule has 134 valence electrons. The Morgan fingerprint density at radius 3 is 2.38 bits per heavy atom. The molecular formula is C20H21N3O3. The number of aryl methyl sites for hydroxylation is 2. The lowest BCUT2D eigenvalue weighted by atomic mass is 10.1. The van der Waals surface area contributed by atoms with Crippen LogP contribution in [0.2, 0.25) is 0 Å². The van der Waals surface area contributed by atoms with Crippen LogP contribution in [0, 0.1) is 25.2 Å². The lowest BCUT2D eigenvalue weighted by Gasteiger charge is -2.12. The molecule has 0 saturated heterocycles. The van der Waals surface area contributed by atoms with Crippen LogP contribution in [-0.2, 0) is 4.79 Å². The van der Waals surface area contributed by atoms with E-state index >= 15 is 0 Å². The number of ether oxygens (including phenoxy) is 2. The van der Waals surface area contributed by atoms with Gasteiger partial charge in [-0.1, -0.05) is 18.2 Å². The molecular weight excluding hydrogens is 330 g/mol. The first-order chi connectivity index (χ1) is 12.5. The van der Waals surface area contributed by atoms with Gasteiger partial charge in [0.25, 0.3) is 5.91 Å². The molecule has 0 fully saturated rings. The van der Waals surface area contributed by atoms with E-state index in [9.17, 15) is 10.1 Å². The standard InChI is InChI=1S/C20H21N3O3/c1-13-6-5-7-14(2)19(13)22-12-15(11-21)20(24)23-17-10-16(25-3)8-9-18(17)26-4/h5-10,12,22H,1-4H3,(H,23,24)/b15-12-. The summed E-state index contributed by atoms with van der Waals surface area (Å²) in [6, 6.07) is 12.8. The number of nitriles is 1. The molecule has 2 rings (SSSR count). The summed E-state index contributed by atoms with van der Waals surface area (Å²) in [6.07, 6.45) is 1.40. The molecule has 0 aliphatic carbocycles. The molecule has 0 bridgehead atoms. The van der Waals surface area contributed by atoms with Gasteiger partial charge < -0.3 is 20.1 Å². The number of anilines is 2. The van der Waals surface area contributed by atoms with Crippen molar-refractivity contribution >= 4 is 17.3 Å². The van der Waals surface area contributed by atoms with Gasteiger partial charge in [0.1, 0.15) is 23.1 Å². The third kappa shape index (κ3) is 4.33. The van der Waals surface area contributed by atoms with E-state index in [0.29, 0.717) is 17.2 Å². The number of para-hydroxylation sites is 1. The van der Waals surface area contributed by atoms with Crippen molar-refractivity contribution in [1.82, 2.24) is 0 Å². The second-order valence-corrected chi connectivity index (χ2v) is 5.60. The van der Waals surface area contributed by atoms with Crippen LogP contribution in [0.25, 0.3) is 0 Å². The molecule has 6 nitrogen and oxygen atoms in total. The van der Waals surface area contributed by atoms with Crippen LogP contribution in [0.1, 0.15) is 11.1 Å². The third-order valence-electron chi connectivity index (χ3n) is 3.86. The van der Waals surface area contributed by atoms with E-state index < -0.39 is 5.91 Å². The Balaban J connectivity index is 2.23. The summed E-state index contributed by atoms with van der Waals surface area (Å²) in [5, 5.41) is 15.1. The minimum atomic E-state index is -0.544. The fourth-order valence-electron chi connectivity index (χ4n) is 2.44. The van der Waals surface area contributed by atoms with Crippen molar-refractivity contribution in [2.45, 2.75) is 13.8 Å². The van der Waals surface area contributed by atoms with Crippen molar-refractivity contribution in [1.29, 1.82) is 5.26 Å². The molecule has 0 aliphatic heterocycles. The quantitative estimate of drug-likeness (QED) is 0.611. The van der Waals surface area contributed by atoms with Gasteiger partial charge in [-0.3, -0.25) is 4.79 Å². The molecule has 26 heavy (non-hydrogen) atoms. The molecule has 0 radical (unpaired) electrons. The van der Waals surface area contributed by atoms with Crippen molar-refractivity contribution < 1.29 is 14.3 Å². The van der Waals surface area contributed by atoms with Crippen molar-refractivity contribution in [3.63, 3.8) is 0 Å². The molecule has 2 N–H and O–H groups in total. The molecule has 0 heterocycles. The lowest BCUT2D eigenvalue weighted by molar-refractivity contribution is -0.112. The number of hydrogen-bond donors (Lipinski definition) is 2. The SMILES string of the molecule is COc1ccc(OC)c(NC(=O)/C(C#N)=C\Nc2c(C)cccc2C)c1. The minimum absolute atomic E-state index is 0.0578. The van der Waals surface area contributed by atoms with E-state index in [-0.39, 0.29) is 5.57 Å². The summed E-state index contributed by atoms with van der Waals surface area (Å²) in [7, 11) is 3.03. The van der Waals surface area contributed by atoms with Crippen LogP contribution in [0.5, 0.6) is 11.5 Å². The van der Waals surface area contributed by atoms with Crippen molar-refractivity contribution in [2.24, 2.45) is 0 Å². The largest absolute Gasteiger partial charge is 0.497 e. The van der Waals surface area contributed by atoms with E-state index in [1.807, 2.05) is 38.1 Å². The third-order valence-corrected chi connectivity index (χ3v) is 3.86. The summed E-state index contributed by atoms with van der Waals surface area (Å²) in [6.45, 7) is 3.91. The Morgan fingerprint density at radius 1 is 1.12 bits per heavy atom. The van der Waals surface area contributed by atoms with Gasteiger partial charge in [-0.05, 0) is 37.1 Å².